The van der Waals surface area contributed by atoms with Crippen molar-refractivity contribution in [2.24, 2.45) is 0 Å². The number of imidazole rings is 1. The zero-order valence-corrected chi connectivity index (χ0v) is 28.1. The van der Waals surface area contributed by atoms with E-state index in [4.69, 9.17) is 0 Å². The maximum absolute atomic E-state index is 15.1. The number of carbonyl (C=O) groups is 2. The fraction of sp³-hybridized carbons (Fsp3) is 0.333. The van der Waals surface area contributed by atoms with E-state index in [0.717, 1.165) is 50.3 Å². The van der Waals surface area contributed by atoms with Gasteiger partial charge in [-0.1, -0.05) is 12.1 Å². The number of aryl methyl sites for hydroxylation is 1. The Morgan fingerprint density at radius 3 is 2.42 bits per heavy atom. The molecule has 0 radical (unpaired) electrons. The molecule has 1 atom stereocenters. The fourth-order valence-electron chi connectivity index (χ4n) is 6.61. The van der Waals surface area contributed by atoms with Gasteiger partial charge in [0, 0.05) is 56.4 Å². The van der Waals surface area contributed by atoms with Crippen LogP contribution in [0.15, 0.2) is 60.9 Å². The Balaban J connectivity index is 0.947. The summed E-state index contributed by atoms with van der Waals surface area (Å²) < 4.78 is 32.0. The highest BCUT2D eigenvalue weighted by Crippen LogP contribution is 2.31. The van der Waals surface area contributed by atoms with Gasteiger partial charge in [-0.05, 0) is 69.2 Å². The predicted molar refractivity (Wildman–Crippen MR) is 187 cm³/mol. The van der Waals surface area contributed by atoms with Crippen molar-refractivity contribution in [1.29, 1.82) is 0 Å². The summed E-state index contributed by atoms with van der Waals surface area (Å²) in [5.74, 6) is -0.395. The molecule has 3 N–H and O–H groups in total. The highest BCUT2D eigenvalue weighted by Gasteiger charge is 2.26. The summed E-state index contributed by atoms with van der Waals surface area (Å²) >= 11 is 0. The average Bonchev–Trinajstić information content (AvgIpc) is 3.45. The summed E-state index contributed by atoms with van der Waals surface area (Å²) in [5.41, 5.74) is 4.11. The molecule has 50 heavy (non-hydrogen) atoms. The maximum atomic E-state index is 15.1. The molecule has 258 valence electrons. The Labute approximate surface area is 288 Å². The summed E-state index contributed by atoms with van der Waals surface area (Å²) in [5, 5.41) is 8.64. The largest absolute Gasteiger partial charge is 0.374 e. The smallest absolute Gasteiger partial charge is 0.249 e. The molecule has 14 heteroatoms. The summed E-state index contributed by atoms with van der Waals surface area (Å²) in [6.45, 7) is 10.0. The van der Waals surface area contributed by atoms with Gasteiger partial charge in [0.05, 0.1) is 23.6 Å². The van der Waals surface area contributed by atoms with E-state index >= 15 is 4.39 Å². The van der Waals surface area contributed by atoms with E-state index in [0.29, 0.717) is 35.6 Å². The number of hydrogen-bond donors (Lipinski definition) is 3. The van der Waals surface area contributed by atoms with Crippen LogP contribution in [-0.4, -0.2) is 73.4 Å². The quantitative estimate of drug-likeness (QED) is 0.175. The summed E-state index contributed by atoms with van der Waals surface area (Å²) in [7, 11) is 0. The Morgan fingerprint density at radius 1 is 0.940 bits per heavy atom. The summed E-state index contributed by atoms with van der Waals surface area (Å²) in [6, 6.07) is 14.5. The normalized spacial score (nSPS) is 17.0. The van der Waals surface area contributed by atoms with Crippen molar-refractivity contribution in [2.75, 3.05) is 41.7 Å². The van der Waals surface area contributed by atoms with Crippen molar-refractivity contribution in [3.05, 3.63) is 83.9 Å². The first-order valence-corrected chi connectivity index (χ1v) is 16.7. The number of fused-ring (bicyclic) bond motifs is 1. The number of pyridine rings is 1. The molecule has 0 spiro atoms. The van der Waals surface area contributed by atoms with Crippen molar-refractivity contribution in [3.8, 4) is 11.3 Å². The molecule has 2 amide bonds. The van der Waals surface area contributed by atoms with Crippen molar-refractivity contribution in [1.82, 2.24) is 34.7 Å². The first kappa shape index (κ1) is 33.0. The lowest BCUT2D eigenvalue weighted by Crippen LogP contribution is -2.47. The Morgan fingerprint density at radius 2 is 1.72 bits per heavy atom. The number of amides is 2. The van der Waals surface area contributed by atoms with Gasteiger partial charge in [0.15, 0.2) is 11.6 Å². The number of rotatable bonds is 9. The molecular formula is C36H38F2N10O2. The van der Waals surface area contributed by atoms with Crippen molar-refractivity contribution in [2.45, 2.75) is 52.2 Å². The molecular weight excluding hydrogens is 642 g/mol. The third-order valence-electron chi connectivity index (χ3n) is 9.12. The lowest BCUT2D eigenvalue weighted by molar-refractivity contribution is -0.133. The van der Waals surface area contributed by atoms with Crippen LogP contribution in [0.4, 0.5) is 31.9 Å². The Bertz CT molecular complexity index is 2040. The zero-order chi connectivity index (χ0) is 34.9. The SMILES string of the molecule is Cc1nc2c(F)cc(-c3nc(Nc4ccc(N5CCN(Cc6ccc(NC7CCC(=O)NC7=O)cc6)CC5)cn4)ncc3F)cc2n1C(C)C. The van der Waals surface area contributed by atoms with E-state index in [-0.39, 0.29) is 35.0 Å². The van der Waals surface area contributed by atoms with Crippen LogP contribution in [0.1, 0.15) is 44.1 Å². The number of hydrogen-bond acceptors (Lipinski definition) is 10. The minimum Gasteiger partial charge on any atom is -0.374 e. The van der Waals surface area contributed by atoms with Crippen LogP contribution in [-0.2, 0) is 16.1 Å². The standard InChI is InChI=1S/C36H38F2N10O2/c1-21(2)48-22(3)41-34-27(37)16-24(17-30(34)48)33-28(38)19-40-36(45-33)43-31-10-8-26(18-39-31)47-14-12-46(13-15-47)20-23-4-6-25(7-5-23)42-29-9-11-32(49)44-35(29)50/h4-8,10,16-19,21,29,42H,9,11-15,20H2,1-3H3,(H,44,49,50)(H,39,40,43,45). The highest BCUT2D eigenvalue weighted by atomic mass is 19.1. The molecule has 0 saturated carbocycles. The van der Waals surface area contributed by atoms with E-state index in [9.17, 15) is 14.0 Å². The number of aromatic nitrogens is 5. The van der Waals surface area contributed by atoms with Crippen LogP contribution in [0, 0.1) is 18.6 Å². The number of carbonyl (C=O) groups excluding carboxylic acids is 2. The zero-order valence-electron chi connectivity index (χ0n) is 28.1. The molecule has 5 aromatic rings. The van der Waals surface area contributed by atoms with Gasteiger partial charge in [-0.15, -0.1) is 0 Å². The molecule has 1 unspecified atom stereocenters. The van der Waals surface area contributed by atoms with Crippen LogP contribution in [0.2, 0.25) is 0 Å². The van der Waals surface area contributed by atoms with E-state index in [1.807, 2.05) is 49.6 Å². The molecule has 2 fully saturated rings. The van der Waals surface area contributed by atoms with Crippen LogP contribution < -0.4 is 20.9 Å². The number of piperidine rings is 1. The second-order valence-corrected chi connectivity index (χ2v) is 13.0. The van der Waals surface area contributed by atoms with Gasteiger partial charge in [0.2, 0.25) is 17.8 Å². The van der Waals surface area contributed by atoms with Gasteiger partial charge in [0.1, 0.15) is 28.9 Å². The molecule has 0 bridgehead atoms. The Kier molecular flexibility index (Phi) is 9.10. The number of benzene rings is 2. The molecule has 12 nitrogen and oxygen atoms in total. The number of nitrogens with zero attached hydrogens (tertiary/aromatic N) is 7. The second kappa shape index (κ2) is 13.8. The lowest BCUT2D eigenvalue weighted by atomic mass is 10.1. The second-order valence-electron chi connectivity index (χ2n) is 13.0. The van der Waals surface area contributed by atoms with Crippen LogP contribution in [0.25, 0.3) is 22.3 Å². The molecule has 5 heterocycles. The third-order valence-corrected chi connectivity index (χ3v) is 9.12. The predicted octanol–water partition coefficient (Wildman–Crippen LogP) is 5.34. The van der Waals surface area contributed by atoms with Crippen molar-refractivity contribution >= 4 is 46.0 Å². The van der Waals surface area contributed by atoms with Crippen molar-refractivity contribution < 1.29 is 18.4 Å². The van der Waals surface area contributed by atoms with Gasteiger partial charge in [-0.2, -0.15) is 0 Å². The molecule has 0 aliphatic carbocycles. The molecule has 2 aliphatic rings. The molecule has 2 aliphatic heterocycles. The molecule has 3 aromatic heterocycles. The van der Waals surface area contributed by atoms with Gasteiger partial charge < -0.3 is 20.1 Å². The topological polar surface area (TPSA) is 133 Å². The number of anilines is 4. The van der Waals surface area contributed by atoms with Gasteiger partial charge in [-0.3, -0.25) is 19.8 Å². The van der Waals surface area contributed by atoms with E-state index in [2.05, 4.69) is 57.8 Å². The first-order valence-electron chi connectivity index (χ1n) is 16.7. The van der Waals surface area contributed by atoms with Crippen LogP contribution >= 0.6 is 0 Å². The van der Waals surface area contributed by atoms with Crippen LogP contribution in [0.3, 0.4) is 0 Å². The summed E-state index contributed by atoms with van der Waals surface area (Å²) in [6.07, 6.45) is 3.68. The third kappa shape index (κ3) is 6.97. The molecule has 2 saturated heterocycles. The number of piperazine rings is 1. The highest BCUT2D eigenvalue weighted by molar-refractivity contribution is 6.01. The Hall–Kier alpha value is -5.50. The first-order chi connectivity index (χ1) is 24.1. The van der Waals surface area contributed by atoms with Gasteiger partial charge in [-0.25, -0.2) is 28.7 Å². The summed E-state index contributed by atoms with van der Waals surface area (Å²) in [4.78, 5) is 45.5. The minimum atomic E-state index is -0.664. The lowest BCUT2D eigenvalue weighted by Gasteiger charge is -2.36. The van der Waals surface area contributed by atoms with Crippen molar-refractivity contribution in [3.63, 3.8) is 0 Å². The number of imide groups is 1. The maximum Gasteiger partial charge on any atom is 0.249 e. The van der Waals surface area contributed by atoms with Gasteiger partial charge >= 0.3 is 0 Å². The van der Waals surface area contributed by atoms with E-state index in [1.165, 1.54) is 11.6 Å². The molecule has 7 rings (SSSR count). The molecule has 2 aromatic carbocycles. The fourth-order valence-corrected chi connectivity index (χ4v) is 6.61. The van der Waals surface area contributed by atoms with Crippen LogP contribution in [0.5, 0.6) is 0 Å². The average molecular weight is 681 g/mol. The monoisotopic (exact) mass is 680 g/mol. The van der Waals surface area contributed by atoms with E-state index in [1.54, 1.807) is 12.3 Å². The van der Waals surface area contributed by atoms with E-state index < -0.39 is 17.7 Å². The number of nitrogens with one attached hydrogen (secondary N) is 3. The van der Waals surface area contributed by atoms with Gasteiger partial charge in [0.25, 0.3) is 0 Å². The minimum absolute atomic E-state index is 0.0215. The number of halogens is 2.